The van der Waals surface area contributed by atoms with Crippen LogP contribution in [0.5, 0.6) is 0 Å². The molecule has 23 heavy (non-hydrogen) atoms. The summed E-state index contributed by atoms with van der Waals surface area (Å²) in [6.45, 7) is 2.20. The summed E-state index contributed by atoms with van der Waals surface area (Å²) < 4.78 is 0. The van der Waals surface area contributed by atoms with E-state index in [0.717, 1.165) is 24.4 Å². The molecule has 0 aliphatic carbocycles. The molecule has 1 radical (unpaired) electrons. The number of hydrogen-bond donors (Lipinski definition) is 1. The van der Waals surface area contributed by atoms with Crippen molar-refractivity contribution in [1.29, 1.82) is 0 Å². The minimum atomic E-state index is 0.993. The summed E-state index contributed by atoms with van der Waals surface area (Å²) in [6, 6.07) is 15.1. The fourth-order valence-corrected chi connectivity index (χ4v) is 5.04. The Hall–Kier alpha value is -1.65. The highest BCUT2D eigenvalue weighted by Crippen LogP contribution is 2.51. The van der Waals surface area contributed by atoms with E-state index in [-0.39, 0.29) is 0 Å². The molecule has 1 aliphatic rings. The maximum absolute atomic E-state index is 4.43. The van der Waals surface area contributed by atoms with Crippen molar-refractivity contribution in [2.75, 3.05) is 0 Å². The van der Waals surface area contributed by atoms with Crippen LogP contribution in [0.15, 0.2) is 62.0 Å². The zero-order valence-electron chi connectivity index (χ0n) is 12.9. The van der Waals surface area contributed by atoms with Crippen LogP contribution >= 0.6 is 23.5 Å². The van der Waals surface area contributed by atoms with Gasteiger partial charge in [0.15, 0.2) is 0 Å². The minimum Gasteiger partial charge on any atom is -0.341 e. The van der Waals surface area contributed by atoms with Gasteiger partial charge in [-0.1, -0.05) is 61.1 Å². The summed E-state index contributed by atoms with van der Waals surface area (Å²) >= 11 is 3.69. The number of aryl methyl sites for hydroxylation is 1. The highest BCUT2D eigenvalue weighted by atomic mass is 32.2. The Balaban J connectivity index is 1.71. The van der Waals surface area contributed by atoms with Crippen LogP contribution in [0.1, 0.15) is 25.6 Å². The van der Waals surface area contributed by atoms with Crippen LogP contribution in [0.4, 0.5) is 0 Å². The molecule has 1 aliphatic heterocycles. The number of nitrogens with one attached hydrogen (secondary N) is 1. The molecule has 0 unspecified atom stereocenters. The van der Waals surface area contributed by atoms with Gasteiger partial charge in [-0.2, -0.15) is 0 Å². The third-order valence-corrected chi connectivity index (χ3v) is 6.48. The van der Waals surface area contributed by atoms with Crippen LogP contribution in [-0.2, 0) is 6.42 Å². The van der Waals surface area contributed by atoms with Gasteiger partial charge in [-0.15, -0.1) is 0 Å². The Morgan fingerprint density at radius 2 is 1.78 bits per heavy atom. The van der Waals surface area contributed by atoms with Crippen LogP contribution in [0, 0.1) is 6.20 Å². The van der Waals surface area contributed by atoms with Crippen molar-refractivity contribution in [3.05, 3.63) is 54.5 Å². The van der Waals surface area contributed by atoms with Gasteiger partial charge < -0.3 is 4.98 Å². The van der Waals surface area contributed by atoms with E-state index in [4.69, 9.17) is 0 Å². The first-order chi connectivity index (χ1) is 11.3. The molecule has 2 aromatic carbocycles. The minimum absolute atomic E-state index is 0.993. The number of unbranched alkanes of at least 4 members (excludes halogenated alkanes) is 1. The van der Waals surface area contributed by atoms with E-state index in [9.17, 15) is 0 Å². The molecule has 0 saturated carbocycles. The van der Waals surface area contributed by atoms with Crippen molar-refractivity contribution in [1.82, 2.24) is 9.97 Å². The van der Waals surface area contributed by atoms with E-state index in [2.05, 4.69) is 65.6 Å². The smallest absolute Gasteiger partial charge is 0.117 e. The van der Waals surface area contributed by atoms with Crippen LogP contribution in [-0.4, -0.2) is 9.97 Å². The van der Waals surface area contributed by atoms with Gasteiger partial charge >= 0.3 is 0 Å². The molecule has 4 rings (SSSR count). The van der Waals surface area contributed by atoms with Crippen molar-refractivity contribution in [3.63, 3.8) is 0 Å². The number of aromatic amines is 1. The predicted molar refractivity (Wildman–Crippen MR) is 96.2 cm³/mol. The number of benzene rings is 2. The molecule has 0 atom stereocenters. The number of imidazole rings is 1. The average molecular weight is 337 g/mol. The lowest BCUT2D eigenvalue weighted by molar-refractivity contribution is 0.762. The zero-order valence-corrected chi connectivity index (χ0v) is 14.6. The highest BCUT2D eigenvalue weighted by Gasteiger charge is 2.20. The molecule has 2 heterocycles. The molecular weight excluding hydrogens is 320 g/mol. The van der Waals surface area contributed by atoms with Crippen molar-refractivity contribution in [2.24, 2.45) is 0 Å². The molecule has 1 aromatic heterocycles. The van der Waals surface area contributed by atoms with Crippen molar-refractivity contribution >= 4 is 23.5 Å². The lowest BCUT2D eigenvalue weighted by Gasteiger charge is -2.20. The molecule has 2 nitrogen and oxygen atoms in total. The number of H-pyrrole nitrogens is 1. The Bertz CT molecular complexity index is 839. The quantitative estimate of drug-likeness (QED) is 0.507. The molecule has 0 fully saturated rings. The second kappa shape index (κ2) is 6.46. The molecule has 0 spiro atoms. The van der Waals surface area contributed by atoms with E-state index < -0.39 is 0 Å². The van der Waals surface area contributed by atoms with Gasteiger partial charge in [0.25, 0.3) is 0 Å². The SMILES string of the molecule is CCCCc1n[c]c(-c2cccc3c2Sc2ccccc2S3)[nH]1. The number of nitrogens with zero attached hydrogens (tertiary/aromatic N) is 1. The Morgan fingerprint density at radius 3 is 2.61 bits per heavy atom. The molecule has 0 bridgehead atoms. The largest absolute Gasteiger partial charge is 0.341 e. The Labute approximate surface area is 145 Å². The number of aromatic nitrogens is 2. The first kappa shape index (κ1) is 14.9. The zero-order chi connectivity index (χ0) is 15.6. The summed E-state index contributed by atoms with van der Waals surface area (Å²) in [5.41, 5.74) is 2.20. The molecular formula is C19H17N2S2. The van der Waals surface area contributed by atoms with Crippen molar-refractivity contribution in [3.8, 4) is 11.3 Å². The molecule has 4 heteroatoms. The maximum atomic E-state index is 4.43. The molecule has 115 valence electrons. The Morgan fingerprint density at radius 1 is 1.00 bits per heavy atom. The third kappa shape index (κ3) is 2.93. The number of rotatable bonds is 4. The highest BCUT2D eigenvalue weighted by molar-refractivity contribution is 8.05. The van der Waals surface area contributed by atoms with E-state index in [1.165, 1.54) is 31.6 Å². The lowest BCUT2D eigenvalue weighted by atomic mass is 10.2. The van der Waals surface area contributed by atoms with Crippen LogP contribution in [0.3, 0.4) is 0 Å². The Kier molecular flexibility index (Phi) is 4.19. The molecule has 0 amide bonds. The van der Waals surface area contributed by atoms with Gasteiger partial charge in [-0.05, 0) is 24.6 Å². The van der Waals surface area contributed by atoms with Gasteiger partial charge in [0, 0.05) is 31.6 Å². The van der Waals surface area contributed by atoms with Crippen LogP contribution in [0.2, 0.25) is 0 Å². The first-order valence-corrected chi connectivity index (χ1v) is 9.53. The summed E-state index contributed by atoms with van der Waals surface area (Å²) in [5, 5.41) is 0. The standard InChI is InChI=1S/C19H17N2S2/c1-2-3-11-18-20-12-14(21-18)13-7-6-10-17-19(13)23-16-9-5-4-8-15(16)22-17/h4-10H,2-3,11H2,1H3,(H,20,21). The summed E-state index contributed by atoms with van der Waals surface area (Å²) in [4.78, 5) is 13.1. The number of fused-ring (bicyclic) bond motifs is 2. The number of hydrogen-bond acceptors (Lipinski definition) is 3. The summed E-state index contributed by atoms with van der Waals surface area (Å²) in [5.74, 6) is 1.04. The average Bonchev–Trinajstić information content (AvgIpc) is 3.06. The van der Waals surface area contributed by atoms with Gasteiger partial charge in [0.05, 0.1) is 5.69 Å². The second-order valence-corrected chi connectivity index (χ2v) is 7.69. The second-order valence-electron chi connectivity index (χ2n) is 5.56. The van der Waals surface area contributed by atoms with Crippen LogP contribution < -0.4 is 0 Å². The van der Waals surface area contributed by atoms with E-state index in [0.29, 0.717) is 0 Å². The van der Waals surface area contributed by atoms with Crippen molar-refractivity contribution < 1.29 is 0 Å². The van der Waals surface area contributed by atoms with Gasteiger partial charge in [-0.25, -0.2) is 4.98 Å². The molecule has 0 saturated heterocycles. The summed E-state index contributed by atoms with van der Waals surface area (Å²) in [6.07, 6.45) is 6.51. The third-order valence-electron chi connectivity index (χ3n) is 3.87. The fourth-order valence-electron chi connectivity index (χ4n) is 2.66. The van der Waals surface area contributed by atoms with Crippen molar-refractivity contribution in [2.45, 2.75) is 45.8 Å². The molecule has 1 N–H and O–H groups in total. The lowest BCUT2D eigenvalue weighted by Crippen LogP contribution is -1.93. The maximum Gasteiger partial charge on any atom is 0.117 e. The van der Waals surface area contributed by atoms with Gasteiger partial charge in [-0.3, -0.25) is 0 Å². The molecule has 3 aromatic rings. The van der Waals surface area contributed by atoms with E-state index in [1.807, 2.05) is 23.5 Å². The van der Waals surface area contributed by atoms with E-state index >= 15 is 0 Å². The van der Waals surface area contributed by atoms with Crippen LogP contribution in [0.25, 0.3) is 11.3 Å². The van der Waals surface area contributed by atoms with Gasteiger partial charge in [0.2, 0.25) is 0 Å². The van der Waals surface area contributed by atoms with Gasteiger partial charge in [0.1, 0.15) is 12.0 Å². The first-order valence-electron chi connectivity index (χ1n) is 7.90. The fraction of sp³-hybridized carbons (Fsp3) is 0.211. The van der Waals surface area contributed by atoms with E-state index in [1.54, 1.807) is 0 Å². The predicted octanol–water partition coefficient (Wildman–Crippen LogP) is 5.84. The normalized spacial score (nSPS) is 12.7. The topological polar surface area (TPSA) is 28.7 Å². The summed E-state index contributed by atoms with van der Waals surface area (Å²) in [7, 11) is 0. The monoisotopic (exact) mass is 337 g/mol.